The molecular weight excluding hydrogens is 385 g/mol. The van der Waals surface area contributed by atoms with E-state index in [9.17, 15) is 4.79 Å². The predicted octanol–water partition coefficient (Wildman–Crippen LogP) is 2.94. The van der Waals surface area contributed by atoms with Gasteiger partial charge in [-0.1, -0.05) is 14.6 Å². The molecule has 3 aliphatic heterocycles. The van der Waals surface area contributed by atoms with Crippen LogP contribution in [0.2, 0.25) is 0 Å². The fraction of sp³-hybridized carbons (Fsp3) is 0.409. The largest absolute Gasteiger partial charge is 0.493 e. The van der Waals surface area contributed by atoms with E-state index in [0.717, 1.165) is 42.8 Å². The molecule has 1 amide bonds. The van der Waals surface area contributed by atoms with Gasteiger partial charge in [0, 0.05) is 38.5 Å². The number of hydrogen-bond acceptors (Lipinski definition) is 5. The molecule has 1 aromatic carbocycles. The van der Waals surface area contributed by atoms with Crippen molar-refractivity contribution in [1.29, 1.82) is 0 Å². The van der Waals surface area contributed by atoms with Gasteiger partial charge in [0.25, 0.3) is 5.91 Å². The summed E-state index contributed by atoms with van der Waals surface area (Å²) in [4.78, 5) is 19.6. The number of rotatable bonds is 4. The monoisotopic (exact) mass is 413 g/mol. The Hall–Kier alpha value is -2.30. The average molecular weight is 413 g/mol. The van der Waals surface area contributed by atoms with Crippen molar-refractivity contribution in [2.24, 2.45) is 0 Å². The van der Waals surface area contributed by atoms with Crippen LogP contribution < -0.4 is 9.47 Å². The van der Waals surface area contributed by atoms with Gasteiger partial charge in [0.1, 0.15) is 0 Å². The molecule has 0 aliphatic carbocycles. The second kappa shape index (κ2) is 8.21. The molecule has 3 aliphatic rings. The maximum absolute atomic E-state index is 13.0. The smallest absolute Gasteiger partial charge is 0.252 e. The van der Waals surface area contributed by atoms with Crippen LogP contribution in [-0.2, 0) is 4.79 Å². The van der Waals surface area contributed by atoms with E-state index in [4.69, 9.17) is 9.47 Å². The topological polar surface area (TPSA) is 45.2 Å². The molecule has 2 atom stereocenters. The highest BCUT2D eigenvalue weighted by molar-refractivity contribution is 7.51. The summed E-state index contributed by atoms with van der Waals surface area (Å²) in [6.07, 6.45) is 6.07. The summed E-state index contributed by atoms with van der Waals surface area (Å²) in [5.74, 6) is 1.50. The first-order valence-electron chi connectivity index (χ1n) is 9.86. The standard InChI is InChI=1S/C22H28N3O3P/c1-15-11-17(24-9-7-23(2)8-10-24)14-25-21(26)13-20(29-22(15)25)16-5-6-18(27-3)19(12-16)28-4/h5-6,11-14,22,29H,7-10H2,1-4H3. The summed E-state index contributed by atoms with van der Waals surface area (Å²) in [6.45, 7) is 6.22. The molecule has 6 nitrogen and oxygen atoms in total. The normalized spacial score (nSPS) is 23.4. The number of piperazine rings is 1. The molecule has 0 spiro atoms. The minimum absolute atomic E-state index is 0.0395. The molecule has 4 rings (SSSR count). The van der Waals surface area contributed by atoms with E-state index in [1.807, 2.05) is 29.3 Å². The molecule has 154 valence electrons. The average Bonchev–Trinajstić information content (AvgIpc) is 2.74. The number of carbonyl (C=O) groups excluding carboxylic acids is 1. The summed E-state index contributed by atoms with van der Waals surface area (Å²) < 4.78 is 10.8. The fourth-order valence-electron chi connectivity index (χ4n) is 3.96. The highest BCUT2D eigenvalue weighted by Gasteiger charge is 2.33. The number of carbonyl (C=O) groups is 1. The molecular formula is C22H28N3O3P. The first-order valence-corrected chi connectivity index (χ1v) is 10.9. The Morgan fingerprint density at radius 2 is 1.76 bits per heavy atom. The Bertz CT molecular complexity index is 901. The lowest BCUT2D eigenvalue weighted by atomic mass is 10.1. The van der Waals surface area contributed by atoms with Gasteiger partial charge in [0.05, 0.1) is 25.7 Å². The molecule has 29 heavy (non-hydrogen) atoms. The van der Waals surface area contributed by atoms with Crippen LogP contribution in [0.5, 0.6) is 11.5 Å². The van der Waals surface area contributed by atoms with Gasteiger partial charge in [-0.3, -0.25) is 4.79 Å². The van der Waals surface area contributed by atoms with Crippen LogP contribution in [-0.4, -0.2) is 73.8 Å². The minimum Gasteiger partial charge on any atom is -0.493 e. The molecule has 0 radical (unpaired) electrons. The Labute approximate surface area is 174 Å². The van der Waals surface area contributed by atoms with Crippen LogP contribution in [0.1, 0.15) is 12.5 Å². The quantitative estimate of drug-likeness (QED) is 0.711. The summed E-state index contributed by atoms with van der Waals surface area (Å²) in [5.41, 5.74) is 3.39. The first kappa shape index (κ1) is 20.0. The molecule has 1 aromatic rings. The Balaban J connectivity index is 1.60. The van der Waals surface area contributed by atoms with Crippen molar-refractivity contribution in [2.75, 3.05) is 47.4 Å². The van der Waals surface area contributed by atoms with Gasteiger partial charge >= 0.3 is 0 Å². The number of allylic oxidation sites excluding steroid dienone is 1. The molecule has 3 heterocycles. The van der Waals surface area contributed by atoms with Crippen molar-refractivity contribution < 1.29 is 14.3 Å². The zero-order valence-corrected chi connectivity index (χ0v) is 18.4. The molecule has 2 unspecified atom stereocenters. The molecule has 1 fully saturated rings. The van der Waals surface area contributed by atoms with E-state index in [1.165, 1.54) is 5.57 Å². The molecule has 1 saturated heterocycles. The number of amides is 1. The third-order valence-electron chi connectivity index (χ3n) is 5.73. The Kier molecular flexibility index (Phi) is 5.66. The van der Waals surface area contributed by atoms with Crippen molar-refractivity contribution in [2.45, 2.75) is 12.7 Å². The molecule has 0 bridgehead atoms. The van der Waals surface area contributed by atoms with Gasteiger partial charge < -0.3 is 24.2 Å². The highest BCUT2D eigenvalue weighted by atomic mass is 31.1. The number of methoxy groups -OCH3 is 2. The maximum atomic E-state index is 13.0. The summed E-state index contributed by atoms with van der Waals surface area (Å²) >= 11 is 0. The number of hydrogen-bond donors (Lipinski definition) is 0. The first-order chi connectivity index (χ1) is 14.0. The number of fused-ring (bicyclic) bond motifs is 1. The van der Waals surface area contributed by atoms with E-state index in [1.54, 1.807) is 20.3 Å². The van der Waals surface area contributed by atoms with E-state index in [2.05, 4.69) is 29.8 Å². The van der Waals surface area contributed by atoms with Crippen molar-refractivity contribution in [3.05, 3.63) is 53.4 Å². The zero-order chi connectivity index (χ0) is 20.5. The Morgan fingerprint density at radius 1 is 1.03 bits per heavy atom. The summed E-state index contributed by atoms with van der Waals surface area (Å²) in [6, 6.07) is 5.84. The number of ether oxygens (including phenoxy) is 2. The molecule has 7 heteroatoms. The summed E-state index contributed by atoms with van der Waals surface area (Å²) in [7, 11) is 5.89. The molecule has 0 aromatic heterocycles. The van der Waals surface area contributed by atoms with E-state index in [0.29, 0.717) is 20.1 Å². The van der Waals surface area contributed by atoms with Gasteiger partial charge in [0.2, 0.25) is 0 Å². The van der Waals surface area contributed by atoms with Gasteiger partial charge in [-0.05, 0) is 48.6 Å². The van der Waals surface area contributed by atoms with Crippen LogP contribution in [0.4, 0.5) is 0 Å². The van der Waals surface area contributed by atoms with Gasteiger partial charge in [-0.15, -0.1) is 0 Å². The minimum atomic E-state index is 0.0395. The van der Waals surface area contributed by atoms with Crippen molar-refractivity contribution >= 4 is 19.8 Å². The number of benzene rings is 1. The second-order valence-electron chi connectivity index (χ2n) is 7.65. The van der Waals surface area contributed by atoms with Gasteiger partial charge in [-0.25, -0.2) is 0 Å². The Morgan fingerprint density at radius 3 is 2.45 bits per heavy atom. The van der Waals surface area contributed by atoms with Crippen LogP contribution in [0.25, 0.3) is 5.31 Å². The van der Waals surface area contributed by atoms with E-state index >= 15 is 0 Å². The fourth-order valence-corrected chi connectivity index (χ4v) is 5.43. The van der Waals surface area contributed by atoms with Crippen molar-refractivity contribution in [3.8, 4) is 11.5 Å². The van der Waals surface area contributed by atoms with Crippen LogP contribution in [0.15, 0.2) is 47.8 Å². The van der Waals surface area contributed by atoms with Crippen molar-refractivity contribution in [3.63, 3.8) is 0 Å². The maximum Gasteiger partial charge on any atom is 0.252 e. The van der Waals surface area contributed by atoms with E-state index in [-0.39, 0.29) is 11.7 Å². The molecule has 0 saturated carbocycles. The third-order valence-corrected chi connectivity index (χ3v) is 7.48. The third kappa shape index (κ3) is 3.92. The van der Waals surface area contributed by atoms with Crippen LogP contribution >= 0.6 is 8.58 Å². The second-order valence-corrected chi connectivity index (χ2v) is 9.03. The van der Waals surface area contributed by atoms with E-state index < -0.39 is 0 Å². The van der Waals surface area contributed by atoms with Crippen molar-refractivity contribution in [1.82, 2.24) is 14.7 Å². The lowest BCUT2D eigenvalue weighted by Gasteiger charge is -2.41. The SMILES string of the molecule is COc1ccc(C2=CC(=O)N3C=C(N4CCN(C)CC4)C=C(C)C3P2)cc1OC. The molecule has 0 N–H and O–H groups in total. The number of nitrogens with zero attached hydrogens (tertiary/aromatic N) is 3. The zero-order valence-electron chi connectivity index (χ0n) is 17.4. The summed E-state index contributed by atoms with van der Waals surface area (Å²) in [5, 5.41) is 1.06. The van der Waals surface area contributed by atoms with Crippen LogP contribution in [0, 0.1) is 0 Å². The highest BCUT2D eigenvalue weighted by Crippen LogP contribution is 2.48. The lowest BCUT2D eigenvalue weighted by molar-refractivity contribution is -0.124. The van der Waals surface area contributed by atoms with Crippen LogP contribution in [0.3, 0.4) is 0 Å². The predicted molar refractivity (Wildman–Crippen MR) is 117 cm³/mol. The number of likely N-dealkylation sites (N-methyl/N-ethyl adjacent to an activating group) is 1. The van der Waals surface area contributed by atoms with Gasteiger partial charge in [-0.2, -0.15) is 0 Å². The lowest BCUT2D eigenvalue weighted by Crippen LogP contribution is -2.46. The van der Waals surface area contributed by atoms with Gasteiger partial charge in [0.15, 0.2) is 11.5 Å².